The van der Waals surface area contributed by atoms with Gasteiger partial charge in [0.2, 0.25) is 5.96 Å². The van der Waals surface area contributed by atoms with Crippen molar-refractivity contribution in [1.82, 2.24) is 4.57 Å². The Kier molecular flexibility index (Phi) is 12.1. The lowest BCUT2D eigenvalue weighted by Crippen LogP contribution is -2.29. The van der Waals surface area contributed by atoms with Crippen molar-refractivity contribution in [3.05, 3.63) is 312 Å². The van der Waals surface area contributed by atoms with Crippen LogP contribution in [-0.4, -0.2) is 16.2 Å². The fraction of sp³-hybridized carbons (Fsp3) is 0.0685. The highest BCUT2D eigenvalue weighted by atomic mass is 15.2. The number of aromatic nitrogens is 1. The van der Waals surface area contributed by atoms with E-state index < -0.39 is 5.41 Å². The molecule has 13 rings (SSSR count). The monoisotopic (exact) mass is 973 g/mol. The Morgan fingerprint density at radius 2 is 0.842 bits per heavy atom. The first-order valence-corrected chi connectivity index (χ1v) is 26.5. The molecule has 1 atom stereocenters. The van der Waals surface area contributed by atoms with Crippen LogP contribution in [0.4, 0.5) is 0 Å². The lowest BCUT2D eigenvalue weighted by molar-refractivity contribution is 0.771. The summed E-state index contributed by atoms with van der Waals surface area (Å²) < 4.78 is 2.33. The molecule has 0 radical (unpaired) electrons. The van der Waals surface area contributed by atoms with Crippen LogP contribution in [-0.2, 0) is 5.41 Å². The van der Waals surface area contributed by atoms with Crippen LogP contribution >= 0.6 is 0 Å². The maximum atomic E-state index is 5.62. The summed E-state index contributed by atoms with van der Waals surface area (Å²) in [6.45, 7) is 4.36. The number of para-hydroxylation sites is 1. The van der Waals surface area contributed by atoms with Gasteiger partial charge in [-0.15, -0.1) is 0 Å². The number of aliphatic imine (C=N–C) groups is 2. The molecule has 0 aliphatic heterocycles. The van der Waals surface area contributed by atoms with Gasteiger partial charge in [-0.3, -0.25) is 4.57 Å². The van der Waals surface area contributed by atoms with Gasteiger partial charge in [-0.1, -0.05) is 231 Å². The number of rotatable bonds is 10. The molecule has 3 heteroatoms. The Labute approximate surface area is 445 Å². The van der Waals surface area contributed by atoms with E-state index in [1.165, 1.54) is 77.9 Å². The average molecular weight is 974 g/mol. The predicted octanol–water partition coefficient (Wildman–Crippen LogP) is 18.7. The van der Waals surface area contributed by atoms with Crippen LogP contribution in [0.25, 0.3) is 77.4 Å². The molecule has 1 heterocycles. The van der Waals surface area contributed by atoms with Crippen molar-refractivity contribution in [3.8, 4) is 55.6 Å². The third kappa shape index (κ3) is 8.18. The zero-order valence-electron chi connectivity index (χ0n) is 42.7. The van der Waals surface area contributed by atoms with Crippen LogP contribution in [0.5, 0.6) is 0 Å². The molecule has 1 aliphatic rings. The van der Waals surface area contributed by atoms with Crippen molar-refractivity contribution in [3.63, 3.8) is 0 Å². The number of benzene rings is 11. The van der Waals surface area contributed by atoms with Gasteiger partial charge in [-0.2, -0.15) is 0 Å². The van der Waals surface area contributed by atoms with Crippen molar-refractivity contribution < 1.29 is 0 Å². The molecule has 1 aromatic heterocycles. The predicted molar refractivity (Wildman–Crippen MR) is 319 cm³/mol. The highest BCUT2D eigenvalue weighted by Crippen LogP contribution is 2.59. The Bertz CT molecular complexity index is 3880. The molecule has 0 amide bonds. The topological polar surface area (TPSA) is 29.6 Å². The maximum absolute atomic E-state index is 5.62. The molecule has 12 aromatic rings. The number of hydrogen-bond acceptors (Lipinski definition) is 1. The van der Waals surface area contributed by atoms with Gasteiger partial charge in [0, 0.05) is 10.8 Å². The lowest BCUT2D eigenvalue weighted by Gasteiger charge is -2.35. The number of hydrogen-bond donors (Lipinski definition) is 0. The fourth-order valence-electron chi connectivity index (χ4n) is 11.8. The second-order valence-corrected chi connectivity index (χ2v) is 19.9. The molecule has 11 aromatic carbocycles. The quantitative estimate of drug-likeness (QED) is 0.0966. The molecule has 1 unspecified atom stereocenters. The van der Waals surface area contributed by atoms with Gasteiger partial charge >= 0.3 is 0 Å². The van der Waals surface area contributed by atoms with Crippen LogP contribution in [0.1, 0.15) is 59.7 Å². The van der Waals surface area contributed by atoms with E-state index in [0.717, 1.165) is 45.1 Å². The van der Waals surface area contributed by atoms with Gasteiger partial charge in [0.1, 0.15) is 0 Å². The van der Waals surface area contributed by atoms with E-state index in [9.17, 15) is 0 Å². The Balaban J connectivity index is 1.17. The van der Waals surface area contributed by atoms with Crippen molar-refractivity contribution in [2.45, 2.75) is 31.7 Å². The molecule has 0 saturated carbocycles. The smallest absolute Gasteiger partial charge is 0.230 e. The van der Waals surface area contributed by atoms with Crippen LogP contribution in [0.3, 0.4) is 0 Å². The summed E-state index contributed by atoms with van der Waals surface area (Å²) in [5, 5.41) is 2.29. The highest BCUT2D eigenvalue weighted by molar-refractivity contribution is 6.18. The van der Waals surface area contributed by atoms with E-state index in [1.54, 1.807) is 0 Å². The summed E-state index contributed by atoms with van der Waals surface area (Å²) >= 11 is 0. The zero-order chi connectivity index (χ0) is 51.0. The standard InChI is InChI=1S/C73H55N3/c1-3-69(56-36-20-9-21-37-56)75-72(74-50(2)51-26-10-4-11-27-51)76-70-41-25-23-39-64(70)66-48-68-65(49-71(66)76)63-38-22-24-40-67(63)73(68,61-44-57(52-28-12-5-13-29-52)42-58(45-61)53-30-14-6-15-31-53)62-46-59(54-32-16-7-17-33-54)43-60(47-62)55-34-18-8-19-35-55/h4-50H,3H2,1-2H3/b74-72?,75-69+. The number of fused-ring (bicyclic) bond motifs is 6. The summed E-state index contributed by atoms with van der Waals surface area (Å²) in [4.78, 5) is 11.2. The molecular weight excluding hydrogens is 919 g/mol. The van der Waals surface area contributed by atoms with E-state index in [-0.39, 0.29) is 6.04 Å². The van der Waals surface area contributed by atoms with Crippen LogP contribution in [0.15, 0.2) is 289 Å². The molecule has 0 bridgehead atoms. The van der Waals surface area contributed by atoms with Crippen molar-refractivity contribution in [1.29, 1.82) is 0 Å². The Morgan fingerprint density at radius 1 is 0.395 bits per heavy atom. The first-order chi connectivity index (χ1) is 37.5. The van der Waals surface area contributed by atoms with Crippen LogP contribution < -0.4 is 0 Å². The molecular formula is C73H55N3. The van der Waals surface area contributed by atoms with Gasteiger partial charge in [0.05, 0.1) is 28.2 Å². The van der Waals surface area contributed by atoms with Crippen LogP contribution in [0, 0.1) is 0 Å². The van der Waals surface area contributed by atoms with E-state index in [4.69, 9.17) is 9.98 Å². The highest BCUT2D eigenvalue weighted by Gasteiger charge is 2.47. The van der Waals surface area contributed by atoms with E-state index in [0.29, 0.717) is 5.96 Å². The van der Waals surface area contributed by atoms with E-state index in [2.05, 4.69) is 297 Å². The van der Waals surface area contributed by atoms with Crippen molar-refractivity contribution >= 4 is 33.5 Å². The first kappa shape index (κ1) is 46.4. The molecule has 0 saturated heterocycles. The van der Waals surface area contributed by atoms with Gasteiger partial charge in [-0.05, 0) is 157 Å². The minimum atomic E-state index is -0.800. The largest absolute Gasteiger partial charge is 0.278 e. The molecule has 3 nitrogen and oxygen atoms in total. The molecule has 76 heavy (non-hydrogen) atoms. The van der Waals surface area contributed by atoms with Crippen molar-refractivity contribution in [2.24, 2.45) is 9.98 Å². The minimum absolute atomic E-state index is 0.167. The van der Waals surface area contributed by atoms with E-state index in [1.807, 2.05) is 0 Å². The normalized spacial score (nSPS) is 13.4. The van der Waals surface area contributed by atoms with Gasteiger partial charge in [0.25, 0.3) is 0 Å². The second-order valence-electron chi connectivity index (χ2n) is 19.9. The van der Waals surface area contributed by atoms with Gasteiger partial charge in [-0.25, -0.2) is 9.98 Å². The zero-order valence-corrected chi connectivity index (χ0v) is 42.7. The third-order valence-electron chi connectivity index (χ3n) is 15.5. The molecule has 0 spiro atoms. The summed E-state index contributed by atoms with van der Waals surface area (Å²) in [6.07, 6.45) is 0.741. The fourth-order valence-corrected chi connectivity index (χ4v) is 11.8. The van der Waals surface area contributed by atoms with Gasteiger partial charge in [0.15, 0.2) is 0 Å². The molecule has 1 aliphatic carbocycles. The molecule has 0 N–H and O–H groups in total. The van der Waals surface area contributed by atoms with Crippen molar-refractivity contribution in [2.75, 3.05) is 0 Å². The molecule has 0 fully saturated rings. The lowest BCUT2D eigenvalue weighted by atomic mass is 9.66. The summed E-state index contributed by atoms with van der Waals surface area (Å²) in [7, 11) is 0. The Morgan fingerprint density at radius 3 is 1.36 bits per heavy atom. The second kappa shape index (κ2) is 19.8. The van der Waals surface area contributed by atoms with E-state index >= 15 is 0 Å². The van der Waals surface area contributed by atoms with Crippen LogP contribution in [0.2, 0.25) is 0 Å². The summed E-state index contributed by atoms with van der Waals surface area (Å²) in [5.41, 5.74) is 21.1. The first-order valence-electron chi connectivity index (χ1n) is 26.5. The number of nitrogens with zero attached hydrogens (tertiary/aromatic N) is 3. The Hall–Kier alpha value is -9.44. The third-order valence-corrected chi connectivity index (χ3v) is 15.5. The maximum Gasteiger partial charge on any atom is 0.230 e. The summed E-state index contributed by atoms with van der Waals surface area (Å²) in [6, 6.07) is 102. The minimum Gasteiger partial charge on any atom is -0.278 e. The SMILES string of the molecule is CC/C(=N\C(=NC(C)c1ccccc1)n1c2ccccc2c2cc3c(cc21)-c1ccccc1C3(c1cc(-c2ccccc2)cc(-c2ccccc2)c1)c1cc(-c2ccccc2)cc(-c2ccccc2)c1)c1ccccc1. The molecule has 362 valence electrons. The summed E-state index contributed by atoms with van der Waals surface area (Å²) in [5.74, 6) is 0.659. The van der Waals surface area contributed by atoms with Gasteiger partial charge < -0.3 is 0 Å². The average Bonchev–Trinajstić information content (AvgIpc) is 4.04.